The Balaban J connectivity index is 1.42. The first-order valence-electron chi connectivity index (χ1n) is 10.9. The van der Waals surface area contributed by atoms with Crippen molar-refractivity contribution in [2.24, 2.45) is 0 Å². The molecule has 8 aromatic rings. The third-order valence-electron chi connectivity index (χ3n) is 7.36. The van der Waals surface area contributed by atoms with Gasteiger partial charge in [-0.1, -0.05) is 6.07 Å². The Hall–Kier alpha value is -3.07. The lowest BCUT2D eigenvalue weighted by atomic mass is 9.84. The Labute approximate surface area is 193 Å². The molecule has 0 nitrogen and oxygen atoms in total. The van der Waals surface area contributed by atoms with Gasteiger partial charge in [0.1, 0.15) is 0 Å². The van der Waals surface area contributed by atoms with Crippen LogP contribution >= 0.6 is 23.1 Å². The normalized spacial score (nSPS) is 12.8. The molecule has 0 atom stereocenters. The Morgan fingerprint density at radius 3 is 1.62 bits per heavy atom. The van der Waals surface area contributed by atoms with Gasteiger partial charge in [0.05, 0.1) is 0 Å². The SMILES string of the molecule is CSc1cc2cc3c(cc2cc1C)c1cc2c4cc5cc6sccc6cc5cc4c2cc31. The van der Waals surface area contributed by atoms with Gasteiger partial charge in [-0.2, -0.15) is 0 Å². The molecule has 1 aromatic heterocycles. The van der Waals surface area contributed by atoms with E-state index in [9.17, 15) is 0 Å². The van der Waals surface area contributed by atoms with Crippen LogP contribution < -0.4 is 0 Å². The third-order valence-corrected chi connectivity index (χ3v) is 9.12. The minimum absolute atomic E-state index is 1.34. The molecule has 32 heavy (non-hydrogen) atoms. The number of thioether (sulfide) groups is 1. The van der Waals surface area contributed by atoms with Crippen molar-refractivity contribution in [3.63, 3.8) is 0 Å². The first-order valence-corrected chi connectivity index (χ1v) is 13.1. The average molecular weight is 443 g/mol. The number of benzene rings is 5. The number of aryl methyl sites for hydroxylation is 1. The minimum Gasteiger partial charge on any atom is -0.144 e. The van der Waals surface area contributed by atoms with Crippen LogP contribution in [0.5, 0.6) is 0 Å². The maximum Gasteiger partial charge on any atom is 0.0349 e. The first-order chi connectivity index (χ1) is 15.7. The summed E-state index contributed by atoms with van der Waals surface area (Å²) in [4.78, 5) is 1.37. The molecule has 0 spiro atoms. The molecule has 0 saturated heterocycles. The van der Waals surface area contributed by atoms with Crippen LogP contribution in [0.4, 0.5) is 0 Å². The molecule has 8 rings (SSSR count). The van der Waals surface area contributed by atoms with E-state index in [1.54, 1.807) is 0 Å². The molecule has 0 unspecified atom stereocenters. The summed E-state index contributed by atoms with van der Waals surface area (Å²) in [5.41, 5.74) is 1.36. The van der Waals surface area contributed by atoms with Crippen molar-refractivity contribution in [3.05, 3.63) is 77.7 Å². The van der Waals surface area contributed by atoms with Gasteiger partial charge in [-0.3, -0.25) is 0 Å². The molecule has 0 bridgehead atoms. The second-order valence-electron chi connectivity index (χ2n) is 9.07. The molecular formula is C30H18S2. The topological polar surface area (TPSA) is 0 Å². The summed E-state index contributed by atoms with van der Waals surface area (Å²) in [6.07, 6.45) is 2.16. The number of rotatable bonds is 1. The molecule has 0 aliphatic heterocycles. The highest BCUT2D eigenvalue weighted by molar-refractivity contribution is 7.98. The highest BCUT2D eigenvalue weighted by atomic mass is 32.2. The Morgan fingerprint density at radius 2 is 1.03 bits per heavy atom. The molecule has 0 radical (unpaired) electrons. The smallest absolute Gasteiger partial charge is 0.0349 e. The summed E-state index contributed by atoms with van der Waals surface area (Å²) in [5, 5.41) is 20.2. The average Bonchev–Trinajstić information content (AvgIpc) is 3.25. The van der Waals surface area contributed by atoms with Gasteiger partial charge in [0.25, 0.3) is 0 Å². The van der Waals surface area contributed by atoms with Crippen LogP contribution in [0.3, 0.4) is 0 Å². The molecule has 2 heteroatoms. The van der Waals surface area contributed by atoms with Crippen LogP contribution in [-0.2, 0) is 0 Å². The van der Waals surface area contributed by atoms with Gasteiger partial charge in [-0.25, -0.2) is 0 Å². The summed E-state index contributed by atoms with van der Waals surface area (Å²) in [6, 6.07) is 26.0. The lowest BCUT2D eigenvalue weighted by molar-refractivity contribution is 1.34. The quantitative estimate of drug-likeness (QED) is 0.228. The molecule has 1 heterocycles. The molecule has 0 N–H and O–H groups in total. The zero-order valence-corrected chi connectivity index (χ0v) is 19.4. The van der Waals surface area contributed by atoms with E-state index < -0.39 is 0 Å². The summed E-state index contributed by atoms with van der Waals surface area (Å²) in [6.45, 7) is 2.21. The van der Waals surface area contributed by atoms with Crippen molar-refractivity contribution < 1.29 is 0 Å². The summed E-state index contributed by atoms with van der Waals surface area (Å²) in [7, 11) is 0. The fraction of sp³-hybridized carbons (Fsp3) is 0.0667. The predicted octanol–water partition coefficient (Wildman–Crippen LogP) is 9.73. The first kappa shape index (κ1) is 17.5. The second kappa shape index (κ2) is 5.83. The van der Waals surface area contributed by atoms with Gasteiger partial charge in [0.2, 0.25) is 0 Å². The Morgan fingerprint density at radius 1 is 0.531 bits per heavy atom. The Kier molecular flexibility index (Phi) is 3.19. The fourth-order valence-electron chi connectivity index (χ4n) is 5.68. The molecule has 0 saturated carbocycles. The van der Waals surface area contributed by atoms with E-state index in [-0.39, 0.29) is 0 Å². The number of hydrogen-bond donors (Lipinski definition) is 0. The fourth-order valence-corrected chi connectivity index (χ4v) is 7.12. The van der Waals surface area contributed by atoms with E-state index in [1.165, 1.54) is 85.2 Å². The standard InChI is InChI=1S/C30H18S2/c1-15-5-17-7-21-23(9-19(17)11-29(15)31-2)27-14-26-22-8-18-6-16-3-4-32-30(16)12-20(18)10-24(22)28(26)13-25(21)27/h3-14H,1-2H3. The third kappa shape index (κ3) is 2.10. The van der Waals surface area contributed by atoms with Gasteiger partial charge in [-0.15, -0.1) is 23.1 Å². The number of hydrogen-bond acceptors (Lipinski definition) is 2. The maximum absolute atomic E-state index is 2.43. The van der Waals surface area contributed by atoms with Gasteiger partial charge in [-0.05, 0) is 155 Å². The number of thiophene rings is 1. The van der Waals surface area contributed by atoms with Crippen LogP contribution in [0.15, 0.2) is 77.0 Å². The molecule has 0 fully saturated rings. The van der Waals surface area contributed by atoms with Crippen LogP contribution in [0.1, 0.15) is 5.56 Å². The number of fused-ring (bicyclic) bond motifs is 11. The molecule has 0 amide bonds. The van der Waals surface area contributed by atoms with Crippen molar-refractivity contribution in [2.45, 2.75) is 11.8 Å². The molecular weight excluding hydrogens is 424 g/mol. The van der Waals surface area contributed by atoms with Crippen molar-refractivity contribution in [2.75, 3.05) is 6.26 Å². The van der Waals surface area contributed by atoms with Crippen LogP contribution in [0.25, 0.3) is 74.7 Å². The van der Waals surface area contributed by atoms with E-state index in [0.29, 0.717) is 0 Å². The monoisotopic (exact) mass is 442 g/mol. The zero-order valence-electron chi connectivity index (χ0n) is 17.7. The highest BCUT2D eigenvalue weighted by Gasteiger charge is 2.18. The van der Waals surface area contributed by atoms with Crippen LogP contribution in [0.2, 0.25) is 0 Å². The van der Waals surface area contributed by atoms with Gasteiger partial charge in [0, 0.05) is 9.60 Å². The van der Waals surface area contributed by atoms with Crippen LogP contribution in [-0.4, -0.2) is 6.26 Å². The van der Waals surface area contributed by atoms with Gasteiger partial charge in [0.15, 0.2) is 0 Å². The van der Waals surface area contributed by atoms with Crippen LogP contribution in [0, 0.1) is 6.92 Å². The molecule has 7 aromatic carbocycles. The zero-order chi connectivity index (χ0) is 21.1. The van der Waals surface area contributed by atoms with E-state index in [2.05, 4.69) is 85.3 Å². The van der Waals surface area contributed by atoms with E-state index in [1.807, 2.05) is 23.1 Å². The van der Waals surface area contributed by atoms with Crippen molar-refractivity contribution in [1.82, 2.24) is 0 Å². The summed E-state index contributed by atoms with van der Waals surface area (Å²) >= 11 is 3.66. The van der Waals surface area contributed by atoms with E-state index >= 15 is 0 Å². The van der Waals surface area contributed by atoms with Crippen molar-refractivity contribution in [1.29, 1.82) is 0 Å². The van der Waals surface area contributed by atoms with Crippen molar-refractivity contribution >= 4 is 97.8 Å². The Bertz CT molecular complexity index is 2020. The van der Waals surface area contributed by atoms with E-state index in [0.717, 1.165) is 0 Å². The van der Waals surface area contributed by atoms with E-state index in [4.69, 9.17) is 0 Å². The van der Waals surface area contributed by atoms with Crippen molar-refractivity contribution in [3.8, 4) is 0 Å². The minimum atomic E-state index is 1.34. The second-order valence-corrected chi connectivity index (χ2v) is 10.9. The van der Waals surface area contributed by atoms with Gasteiger partial charge < -0.3 is 0 Å². The molecule has 0 aliphatic carbocycles. The predicted molar refractivity (Wildman–Crippen MR) is 146 cm³/mol. The summed E-state index contributed by atoms with van der Waals surface area (Å²) in [5.74, 6) is 0. The lowest BCUT2D eigenvalue weighted by Gasteiger charge is -2.19. The maximum atomic E-state index is 2.43. The summed E-state index contributed by atoms with van der Waals surface area (Å²) < 4.78 is 1.37. The highest BCUT2D eigenvalue weighted by Crippen LogP contribution is 2.46. The molecule has 0 aliphatic rings. The molecule has 150 valence electrons. The lowest BCUT2D eigenvalue weighted by Crippen LogP contribution is -1.91. The largest absolute Gasteiger partial charge is 0.144 e. The van der Waals surface area contributed by atoms with Gasteiger partial charge >= 0.3 is 0 Å².